The van der Waals surface area contributed by atoms with Crippen LogP contribution in [0.2, 0.25) is 0 Å². The van der Waals surface area contributed by atoms with Gasteiger partial charge in [-0.25, -0.2) is 4.98 Å². The molecule has 0 unspecified atom stereocenters. The van der Waals surface area contributed by atoms with Crippen molar-refractivity contribution in [2.24, 2.45) is 0 Å². The van der Waals surface area contributed by atoms with Gasteiger partial charge in [-0.15, -0.1) is 12.1 Å². The van der Waals surface area contributed by atoms with E-state index in [4.69, 9.17) is 14.7 Å². The molecular weight excluding hydrogens is 677 g/mol. The van der Waals surface area contributed by atoms with Crippen LogP contribution in [0.5, 0.6) is 11.5 Å². The molecule has 0 spiro atoms. The summed E-state index contributed by atoms with van der Waals surface area (Å²) < 4.78 is 10.7. The monoisotopic (exact) mass is 700 g/mol. The molecule has 0 N–H and O–H groups in total. The molecule has 6 nitrogen and oxygen atoms in total. The van der Waals surface area contributed by atoms with Crippen molar-refractivity contribution < 1.29 is 25.8 Å². The van der Waals surface area contributed by atoms with Crippen molar-refractivity contribution in [3.63, 3.8) is 0 Å². The van der Waals surface area contributed by atoms with Crippen LogP contribution >= 0.6 is 0 Å². The van der Waals surface area contributed by atoms with E-state index in [1.165, 1.54) is 0 Å². The van der Waals surface area contributed by atoms with Gasteiger partial charge in [-0.1, -0.05) is 70.1 Å². The molecule has 0 saturated carbocycles. The number of fused-ring (bicyclic) bond motifs is 12. The number of nitrogens with zero attached hydrogens (tertiary/aromatic N) is 5. The normalized spacial score (nSPS) is 11.8. The predicted molar refractivity (Wildman–Crippen MR) is 155 cm³/mol. The molecule has 3 aromatic carbocycles. The maximum absolute atomic E-state index is 6.39. The van der Waals surface area contributed by atoms with E-state index in [0.29, 0.717) is 11.5 Å². The third-order valence-corrected chi connectivity index (χ3v) is 7.92. The first-order valence-electron chi connectivity index (χ1n) is 13.0. The molecule has 5 aromatic heterocycles. The number of hydrogen-bond acceptors (Lipinski definition) is 4. The van der Waals surface area contributed by atoms with Gasteiger partial charge in [0.05, 0.1) is 11.3 Å². The van der Waals surface area contributed by atoms with E-state index in [-0.39, 0.29) is 21.1 Å². The van der Waals surface area contributed by atoms with E-state index in [1.807, 2.05) is 38.2 Å². The molecule has 0 bridgehead atoms. The molecule has 196 valence electrons. The molecule has 8 rings (SSSR count). The van der Waals surface area contributed by atoms with E-state index in [1.54, 1.807) is 0 Å². The summed E-state index contributed by atoms with van der Waals surface area (Å²) in [6, 6.07) is 27.6. The summed E-state index contributed by atoms with van der Waals surface area (Å²) in [7, 11) is 0. The number of rotatable bonds is 2. The van der Waals surface area contributed by atoms with Crippen LogP contribution in [0.25, 0.3) is 54.8 Å². The fourth-order valence-electron chi connectivity index (χ4n) is 5.78. The summed E-state index contributed by atoms with van der Waals surface area (Å²) in [5, 5.41) is 6.19. The molecule has 7 heteroatoms. The van der Waals surface area contributed by atoms with E-state index in [0.717, 1.165) is 77.6 Å². The van der Waals surface area contributed by atoms with E-state index < -0.39 is 0 Å². The molecular formula is C33H23N5OPt. The summed E-state index contributed by atoms with van der Waals surface area (Å²) in [6.07, 6.45) is 1.82. The minimum Gasteiger partial charge on any atom is -0.497 e. The number of aromatic nitrogens is 5. The van der Waals surface area contributed by atoms with Gasteiger partial charge in [0.15, 0.2) is 0 Å². The molecule has 0 atom stereocenters. The van der Waals surface area contributed by atoms with Crippen molar-refractivity contribution in [3.8, 4) is 11.5 Å². The Bertz CT molecular complexity index is 2150. The smallest absolute Gasteiger partial charge is 0.497 e. The Balaban J connectivity index is 0.00000264. The van der Waals surface area contributed by atoms with Gasteiger partial charge < -0.3 is 13.5 Å². The molecule has 0 amide bonds. The van der Waals surface area contributed by atoms with Crippen LogP contribution in [0.4, 0.5) is 0 Å². The number of imidazole rings is 2. The van der Waals surface area contributed by atoms with Crippen molar-refractivity contribution in [2.75, 3.05) is 0 Å². The van der Waals surface area contributed by atoms with Gasteiger partial charge in [0.2, 0.25) is 0 Å². The average Bonchev–Trinajstić information content (AvgIpc) is 3.43. The molecule has 5 heterocycles. The number of benzene rings is 3. The Morgan fingerprint density at radius 1 is 0.600 bits per heavy atom. The van der Waals surface area contributed by atoms with Crippen molar-refractivity contribution in [3.05, 3.63) is 102 Å². The molecule has 8 aromatic rings. The third kappa shape index (κ3) is 3.36. The second-order valence-corrected chi connectivity index (χ2v) is 10.1. The predicted octanol–water partition coefficient (Wildman–Crippen LogP) is 7.61. The van der Waals surface area contributed by atoms with Gasteiger partial charge in [0, 0.05) is 46.0 Å². The Morgan fingerprint density at radius 2 is 1.18 bits per heavy atom. The van der Waals surface area contributed by atoms with Crippen molar-refractivity contribution >= 4 is 54.8 Å². The van der Waals surface area contributed by atoms with Crippen LogP contribution in [0, 0.1) is 39.8 Å². The molecule has 40 heavy (non-hydrogen) atoms. The zero-order chi connectivity index (χ0) is 26.4. The number of pyridine rings is 3. The standard InChI is InChI=1S/C33H23N5O.Pt/c1-18-20(3)37-30-10-6-5-8-26(30)24-13-11-22(16-28(24)32(37)35-18)39-23-12-14-25-27-9-7-15-34-31(27)38-21(4)19(2)36-33(38)29(25)17-23;/h5-15H,1-4H3;/q-2;+2. The SMILES string of the molecule is Cc1nc2c3[c-]c(Oc4[c-]c5c(cc4)c4cccnc4n4c(C)c(C)nc54)ccc3c3ccccc3n2c1C.[Pt+2]. The van der Waals surface area contributed by atoms with Crippen molar-refractivity contribution in [1.29, 1.82) is 0 Å². The molecule has 0 aliphatic heterocycles. The first-order chi connectivity index (χ1) is 19.0. The van der Waals surface area contributed by atoms with Gasteiger partial charge >= 0.3 is 21.1 Å². The first-order valence-corrected chi connectivity index (χ1v) is 13.0. The minimum absolute atomic E-state index is 0. The van der Waals surface area contributed by atoms with Crippen LogP contribution in [0.15, 0.2) is 66.9 Å². The van der Waals surface area contributed by atoms with E-state index >= 15 is 0 Å². The van der Waals surface area contributed by atoms with Gasteiger partial charge in [-0.2, -0.15) is 0 Å². The zero-order valence-corrected chi connectivity index (χ0v) is 24.6. The molecule has 0 saturated heterocycles. The zero-order valence-electron chi connectivity index (χ0n) is 22.3. The summed E-state index contributed by atoms with van der Waals surface area (Å²) in [4.78, 5) is 14.4. The maximum Gasteiger partial charge on any atom is 2.00 e. The fourth-order valence-corrected chi connectivity index (χ4v) is 5.78. The summed E-state index contributed by atoms with van der Waals surface area (Å²) in [5.41, 5.74) is 7.92. The summed E-state index contributed by atoms with van der Waals surface area (Å²) in [6.45, 7) is 8.25. The van der Waals surface area contributed by atoms with Gasteiger partial charge in [0.25, 0.3) is 0 Å². The minimum atomic E-state index is 0. The third-order valence-electron chi connectivity index (χ3n) is 7.92. The Morgan fingerprint density at radius 3 is 1.88 bits per heavy atom. The quantitative estimate of drug-likeness (QED) is 0.138. The summed E-state index contributed by atoms with van der Waals surface area (Å²) in [5.74, 6) is 1.22. The van der Waals surface area contributed by atoms with Crippen molar-refractivity contribution in [2.45, 2.75) is 27.7 Å². The fraction of sp³-hybridized carbons (Fsp3) is 0.121. The maximum atomic E-state index is 6.39. The number of aryl methyl sites for hydroxylation is 4. The van der Waals surface area contributed by atoms with Crippen LogP contribution in [0.1, 0.15) is 22.8 Å². The van der Waals surface area contributed by atoms with Gasteiger partial charge in [-0.3, -0.25) is 9.97 Å². The number of para-hydroxylation sites is 1. The molecule has 0 radical (unpaired) electrons. The first kappa shape index (κ1) is 24.7. The van der Waals surface area contributed by atoms with Crippen LogP contribution < -0.4 is 4.74 Å². The Labute approximate surface area is 244 Å². The largest absolute Gasteiger partial charge is 2.00 e. The molecule has 0 fully saturated rings. The molecule has 0 aliphatic carbocycles. The van der Waals surface area contributed by atoms with Crippen LogP contribution in [-0.4, -0.2) is 23.8 Å². The van der Waals surface area contributed by atoms with Gasteiger partial charge in [-0.05, 0) is 50.6 Å². The van der Waals surface area contributed by atoms with Crippen molar-refractivity contribution in [1.82, 2.24) is 23.8 Å². The van der Waals surface area contributed by atoms with Crippen LogP contribution in [-0.2, 0) is 21.1 Å². The van der Waals surface area contributed by atoms with Crippen LogP contribution in [0.3, 0.4) is 0 Å². The second kappa shape index (κ2) is 8.87. The Hall–Kier alpha value is -4.28. The number of hydrogen-bond donors (Lipinski definition) is 0. The topological polar surface area (TPSA) is 56.7 Å². The Kier molecular flexibility index (Phi) is 5.48. The van der Waals surface area contributed by atoms with E-state index in [9.17, 15) is 0 Å². The summed E-state index contributed by atoms with van der Waals surface area (Å²) >= 11 is 0. The second-order valence-electron chi connectivity index (χ2n) is 10.1. The van der Waals surface area contributed by atoms with Gasteiger partial charge in [0.1, 0.15) is 5.65 Å². The van der Waals surface area contributed by atoms with E-state index in [2.05, 4.69) is 82.2 Å². The number of ether oxygens (including phenoxy) is 1. The molecule has 0 aliphatic rings. The average molecular weight is 701 g/mol.